The van der Waals surface area contributed by atoms with Gasteiger partial charge in [-0.15, -0.1) is 5.10 Å². The molecule has 1 unspecified atom stereocenters. The van der Waals surface area contributed by atoms with Crippen LogP contribution in [-0.2, 0) is 29.5 Å². The summed E-state index contributed by atoms with van der Waals surface area (Å²) in [6, 6.07) is 3.73. The quantitative estimate of drug-likeness (QED) is 0.399. The van der Waals surface area contributed by atoms with Gasteiger partial charge < -0.3 is 19.3 Å². The maximum absolute atomic E-state index is 13.2. The molecule has 0 bridgehead atoms. The molecule has 0 radical (unpaired) electrons. The van der Waals surface area contributed by atoms with Gasteiger partial charge in [-0.1, -0.05) is 5.21 Å². The van der Waals surface area contributed by atoms with Crippen LogP contribution in [0.5, 0.6) is 5.75 Å². The van der Waals surface area contributed by atoms with E-state index in [0.717, 1.165) is 30.7 Å². The van der Waals surface area contributed by atoms with Gasteiger partial charge >= 0.3 is 5.97 Å². The van der Waals surface area contributed by atoms with Gasteiger partial charge in [-0.2, -0.15) is 4.98 Å². The van der Waals surface area contributed by atoms with Crippen LogP contribution in [0.3, 0.4) is 0 Å². The van der Waals surface area contributed by atoms with E-state index in [9.17, 15) is 9.18 Å². The average molecular weight is 530 g/mol. The first-order chi connectivity index (χ1) is 18.0. The lowest BCUT2D eigenvalue weighted by molar-refractivity contribution is -0.162. The SMILES string of the molecule is Cc1nc(-c2nnn(C)c2CNc2noc(CC(C)F)n2)ccc1O[C@H]1CCC[C@H](C(=O)OC(C)(C)C)C1. The van der Waals surface area contributed by atoms with Crippen LogP contribution in [0.2, 0.25) is 0 Å². The molecule has 4 rings (SSSR count). The summed E-state index contributed by atoms with van der Waals surface area (Å²) in [5.41, 5.74) is 2.24. The van der Waals surface area contributed by atoms with E-state index < -0.39 is 11.8 Å². The summed E-state index contributed by atoms with van der Waals surface area (Å²) in [5.74, 6) is 0.847. The second kappa shape index (κ2) is 11.4. The Bertz CT molecular complexity index is 1250. The number of rotatable bonds is 9. The molecule has 1 fully saturated rings. The smallest absolute Gasteiger partial charge is 0.309 e. The molecule has 1 aliphatic rings. The Morgan fingerprint density at radius 1 is 1.29 bits per heavy atom. The molecule has 0 saturated heterocycles. The number of anilines is 1. The number of carbonyl (C=O) groups is 1. The normalized spacial score (nSPS) is 18.7. The van der Waals surface area contributed by atoms with E-state index in [4.69, 9.17) is 19.0 Å². The van der Waals surface area contributed by atoms with E-state index in [1.54, 1.807) is 11.7 Å². The topological polar surface area (TPSA) is 130 Å². The minimum absolute atomic E-state index is 0.0628. The zero-order chi connectivity index (χ0) is 27.4. The molecule has 1 N–H and O–H groups in total. The predicted octanol–water partition coefficient (Wildman–Crippen LogP) is 4.36. The highest BCUT2D eigenvalue weighted by atomic mass is 19.1. The largest absolute Gasteiger partial charge is 0.489 e. The monoisotopic (exact) mass is 529 g/mol. The van der Waals surface area contributed by atoms with Crippen LogP contribution in [0.4, 0.5) is 10.3 Å². The second-order valence-electron chi connectivity index (χ2n) is 10.8. The zero-order valence-corrected chi connectivity index (χ0v) is 22.8. The standard InChI is InChI=1S/C26H36FN7O4/c1-15(27)12-22-30-25(32-38-22)28-14-20-23(31-33-34(20)6)19-10-11-21(16(2)29-19)36-18-9-7-8-17(13-18)24(35)37-26(3,4)5/h10-11,15,17-18H,7-9,12-14H2,1-6H3,(H,28,32)/t15?,17-,18-/m0/s1. The van der Waals surface area contributed by atoms with Gasteiger partial charge in [0.25, 0.3) is 5.95 Å². The molecule has 0 aliphatic heterocycles. The number of hydrogen-bond acceptors (Lipinski definition) is 10. The lowest BCUT2D eigenvalue weighted by atomic mass is 9.87. The number of hydrogen-bond donors (Lipinski definition) is 1. The number of nitrogens with zero attached hydrogens (tertiary/aromatic N) is 6. The Kier molecular flexibility index (Phi) is 8.27. The third-order valence-electron chi connectivity index (χ3n) is 6.22. The van der Waals surface area contributed by atoms with E-state index in [1.807, 2.05) is 39.8 Å². The highest BCUT2D eigenvalue weighted by Crippen LogP contribution is 2.31. The minimum Gasteiger partial charge on any atom is -0.489 e. The molecular weight excluding hydrogens is 493 g/mol. The van der Waals surface area contributed by atoms with Crippen molar-refractivity contribution < 1.29 is 23.2 Å². The van der Waals surface area contributed by atoms with Crippen LogP contribution in [-0.4, -0.2) is 54.0 Å². The summed E-state index contributed by atoms with van der Waals surface area (Å²) in [7, 11) is 1.79. The van der Waals surface area contributed by atoms with Gasteiger partial charge in [0.05, 0.1) is 42.1 Å². The fourth-order valence-electron chi connectivity index (χ4n) is 4.42. The summed E-state index contributed by atoms with van der Waals surface area (Å²) in [6.45, 7) is 9.28. The number of pyridine rings is 1. The number of aromatic nitrogens is 6. The van der Waals surface area contributed by atoms with Crippen molar-refractivity contribution in [1.29, 1.82) is 0 Å². The Morgan fingerprint density at radius 2 is 2.08 bits per heavy atom. The number of carbonyl (C=O) groups excluding carboxylic acids is 1. The molecule has 12 heteroatoms. The Morgan fingerprint density at radius 3 is 2.79 bits per heavy atom. The molecule has 3 aromatic rings. The number of ether oxygens (including phenoxy) is 2. The van der Waals surface area contributed by atoms with Crippen molar-refractivity contribution in [3.8, 4) is 17.1 Å². The van der Waals surface area contributed by atoms with Crippen molar-refractivity contribution in [3.05, 3.63) is 29.4 Å². The molecule has 1 aliphatic carbocycles. The fraction of sp³-hybridized carbons (Fsp3) is 0.615. The van der Waals surface area contributed by atoms with Gasteiger partial charge in [-0.3, -0.25) is 4.79 Å². The molecule has 3 aromatic heterocycles. The first kappa shape index (κ1) is 27.5. The second-order valence-corrected chi connectivity index (χ2v) is 10.8. The third-order valence-corrected chi connectivity index (χ3v) is 6.22. The van der Waals surface area contributed by atoms with Crippen molar-refractivity contribution in [2.75, 3.05) is 5.32 Å². The summed E-state index contributed by atoms with van der Waals surface area (Å²) in [4.78, 5) is 21.4. The molecule has 0 aromatic carbocycles. The molecular formula is C26H36FN7O4. The van der Waals surface area contributed by atoms with Gasteiger partial charge in [0.2, 0.25) is 5.89 Å². The molecule has 206 valence electrons. The molecule has 3 heterocycles. The van der Waals surface area contributed by atoms with E-state index in [2.05, 4.69) is 25.8 Å². The fourth-order valence-corrected chi connectivity index (χ4v) is 4.42. The Hall–Kier alpha value is -3.57. The van der Waals surface area contributed by atoms with Gasteiger partial charge in [0.15, 0.2) is 0 Å². The molecule has 3 atom stereocenters. The van der Waals surface area contributed by atoms with Crippen LogP contribution in [0.15, 0.2) is 16.7 Å². The molecule has 1 saturated carbocycles. The summed E-state index contributed by atoms with van der Waals surface area (Å²) in [6.07, 6.45) is 2.14. The number of esters is 1. The van der Waals surface area contributed by atoms with Crippen molar-refractivity contribution >= 4 is 11.9 Å². The molecule has 0 spiro atoms. The predicted molar refractivity (Wildman–Crippen MR) is 137 cm³/mol. The van der Waals surface area contributed by atoms with Crippen molar-refractivity contribution in [2.45, 2.75) is 91.1 Å². The van der Waals surface area contributed by atoms with E-state index in [1.165, 1.54) is 6.92 Å². The van der Waals surface area contributed by atoms with Gasteiger partial charge in [0, 0.05) is 7.05 Å². The maximum atomic E-state index is 13.2. The molecule has 38 heavy (non-hydrogen) atoms. The average Bonchev–Trinajstić information content (AvgIpc) is 3.43. The first-order valence-electron chi connectivity index (χ1n) is 12.9. The highest BCUT2D eigenvalue weighted by Gasteiger charge is 2.32. The van der Waals surface area contributed by atoms with Crippen LogP contribution < -0.4 is 10.1 Å². The number of halogens is 1. The number of nitrogens with one attached hydrogen (secondary N) is 1. The Balaban J connectivity index is 1.41. The van der Waals surface area contributed by atoms with Crippen LogP contribution in [0.1, 0.15) is 70.7 Å². The third kappa shape index (κ3) is 7.05. The van der Waals surface area contributed by atoms with Crippen molar-refractivity contribution in [3.63, 3.8) is 0 Å². The maximum Gasteiger partial charge on any atom is 0.309 e. The lowest BCUT2D eigenvalue weighted by Crippen LogP contribution is -2.34. The van der Waals surface area contributed by atoms with Crippen molar-refractivity contribution in [1.82, 2.24) is 30.1 Å². The van der Waals surface area contributed by atoms with Crippen LogP contribution in [0, 0.1) is 12.8 Å². The van der Waals surface area contributed by atoms with E-state index in [-0.39, 0.29) is 36.3 Å². The molecule has 11 nitrogen and oxygen atoms in total. The van der Waals surface area contributed by atoms with Crippen LogP contribution in [0.25, 0.3) is 11.4 Å². The highest BCUT2D eigenvalue weighted by molar-refractivity contribution is 5.73. The van der Waals surface area contributed by atoms with Crippen molar-refractivity contribution in [2.24, 2.45) is 13.0 Å². The summed E-state index contributed by atoms with van der Waals surface area (Å²) in [5, 5.41) is 15.3. The van der Waals surface area contributed by atoms with E-state index in [0.29, 0.717) is 30.1 Å². The van der Waals surface area contributed by atoms with Gasteiger partial charge in [-0.25, -0.2) is 14.1 Å². The van der Waals surface area contributed by atoms with Gasteiger partial charge in [-0.05, 0) is 77.6 Å². The Labute approximate surface area is 221 Å². The van der Waals surface area contributed by atoms with Gasteiger partial charge in [0.1, 0.15) is 23.2 Å². The zero-order valence-electron chi connectivity index (χ0n) is 22.8. The molecule has 0 amide bonds. The summed E-state index contributed by atoms with van der Waals surface area (Å²) < 4.78 is 31.8. The van der Waals surface area contributed by atoms with Crippen LogP contribution >= 0.6 is 0 Å². The number of alkyl halides is 1. The lowest BCUT2D eigenvalue weighted by Gasteiger charge is -2.30. The number of aryl methyl sites for hydroxylation is 2. The van der Waals surface area contributed by atoms with E-state index >= 15 is 0 Å². The minimum atomic E-state index is -1.07. The first-order valence-corrected chi connectivity index (χ1v) is 12.9. The summed E-state index contributed by atoms with van der Waals surface area (Å²) >= 11 is 0.